The Morgan fingerprint density at radius 2 is 1.85 bits per heavy atom. The minimum Gasteiger partial charge on any atom is -0.476 e. The normalized spacial score (nSPS) is 16.7. The fourth-order valence-electron chi connectivity index (χ4n) is 3.57. The van der Waals surface area contributed by atoms with Crippen LogP contribution in [0.5, 0.6) is 0 Å². The SMILES string of the molecule is Cc1ccc(-n2nc(C(=O)O)c(N3CC[C@H](c4ccccc4)C3)n2)cc1C. The van der Waals surface area contributed by atoms with Crippen LogP contribution in [0.2, 0.25) is 0 Å². The second-order valence-corrected chi connectivity index (χ2v) is 7.08. The third-order valence-corrected chi connectivity index (χ3v) is 5.28. The molecule has 0 bridgehead atoms. The highest BCUT2D eigenvalue weighted by Gasteiger charge is 2.30. The predicted octanol–water partition coefficient (Wildman–Crippen LogP) is 3.58. The molecule has 27 heavy (non-hydrogen) atoms. The lowest BCUT2D eigenvalue weighted by molar-refractivity contribution is 0.0690. The Balaban J connectivity index is 1.65. The molecule has 3 aromatic rings. The predicted molar refractivity (Wildman–Crippen MR) is 104 cm³/mol. The van der Waals surface area contributed by atoms with E-state index in [1.54, 1.807) is 0 Å². The monoisotopic (exact) mass is 362 g/mol. The van der Waals surface area contributed by atoms with Gasteiger partial charge in [0.1, 0.15) is 0 Å². The topological polar surface area (TPSA) is 71.2 Å². The van der Waals surface area contributed by atoms with Gasteiger partial charge in [-0.15, -0.1) is 15.0 Å². The van der Waals surface area contributed by atoms with Gasteiger partial charge in [-0.2, -0.15) is 0 Å². The number of aromatic nitrogens is 3. The first-order chi connectivity index (χ1) is 13.0. The average Bonchev–Trinajstić information content (AvgIpc) is 3.31. The van der Waals surface area contributed by atoms with E-state index in [0.29, 0.717) is 11.7 Å². The standard InChI is InChI=1S/C21H22N4O2/c1-14-8-9-18(12-15(14)2)25-22-19(21(26)27)20(23-25)24-11-10-17(13-24)16-6-4-3-5-7-16/h3-9,12,17H,10-11,13H2,1-2H3,(H,26,27)/t17-/m0/s1. The average molecular weight is 362 g/mol. The fourth-order valence-corrected chi connectivity index (χ4v) is 3.57. The van der Waals surface area contributed by atoms with Crippen molar-refractivity contribution in [3.8, 4) is 5.69 Å². The number of carboxylic acid groups (broad SMARTS) is 1. The molecule has 0 amide bonds. The van der Waals surface area contributed by atoms with E-state index in [1.165, 1.54) is 15.9 Å². The van der Waals surface area contributed by atoms with Gasteiger partial charge in [0.2, 0.25) is 5.69 Å². The number of benzene rings is 2. The van der Waals surface area contributed by atoms with Crippen LogP contribution in [0.1, 0.15) is 39.5 Å². The Morgan fingerprint density at radius 3 is 2.56 bits per heavy atom. The summed E-state index contributed by atoms with van der Waals surface area (Å²) in [5.74, 6) is -0.234. The largest absolute Gasteiger partial charge is 0.476 e. The van der Waals surface area contributed by atoms with Gasteiger partial charge in [-0.05, 0) is 49.1 Å². The Kier molecular flexibility index (Phi) is 4.39. The molecule has 6 heteroatoms. The van der Waals surface area contributed by atoms with Crippen molar-refractivity contribution < 1.29 is 9.90 Å². The molecule has 1 fully saturated rings. The van der Waals surface area contributed by atoms with Gasteiger partial charge in [0.25, 0.3) is 0 Å². The fraction of sp³-hybridized carbons (Fsp3) is 0.286. The summed E-state index contributed by atoms with van der Waals surface area (Å²) in [6.07, 6.45) is 0.972. The highest BCUT2D eigenvalue weighted by molar-refractivity contribution is 5.91. The molecule has 0 aliphatic carbocycles. The summed E-state index contributed by atoms with van der Waals surface area (Å²) in [6, 6.07) is 16.2. The van der Waals surface area contributed by atoms with E-state index in [0.717, 1.165) is 30.8 Å². The molecule has 0 unspecified atom stereocenters. The molecule has 0 spiro atoms. The maximum absolute atomic E-state index is 11.8. The highest BCUT2D eigenvalue weighted by Crippen LogP contribution is 2.31. The number of rotatable bonds is 4. The van der Waals surface area contributed by atoms with E-state index in [1.807, 2.05) is 55.1 Å². The van der Waals surface area contributed by atoms with Crippen LogP contribution in [0.25, 0.3) is 5.69 Å². The lowest BCUT2D eigenvalue weighted by atomic mass is 9.99. The van der Waals surface area contributed by atoms with Crippen molar-refractivity contribution in [1.82, 2.24) is 15.0 Å². The molecule has 1 N–H and O–H groups in total. The second kappa shape index (κ2) is 6.87. The number of hydrogen-bond donors (Lipinski definition) is 1. The van der Waals surface area contributed by atoms with Gasteiger partial charge in [0.15, 0.2) is 5.82 Å². The van der Waals surface area contributed by atoms with Gasteiger partial charge in [0.05, 0.1) is 5.69 Å². The van der Waals surface area contributed by atoms with Crippen molar-refractivity contribution in [2.24, 2.45) is 0 Å². The van der Waals surface area contributed by atoms with E-state index >= 15 is 0 Å². The van der Waals surface area contributed by atoms with Crippen LogP contribution in [0, 0.1) is 13.8 Å². The third kappa shape index (κ3) is 3.30. The number of aryl methyl sites for hydroxylation is 2. The van der Waals surface area contributed by atoms with Gasteiger partial charge in [-0.1, -0.05) is 36.4 Å². The molecular weight excluding hydrogens is 340 g/mol. The minimum atomic E-state index is -1.05. The zero-order valence-electron chi connectivity index (χ0n) is 15.5. The quantitative estimate of drug-likeness (QED) is 0.768. The second-order valence-electron chi connectivity index (χ2n) is 7.08. The molecule has 4 rings (SSSR count). The number of carboxylic acids is 1. The maximum Gasteiger partial charge on any atom is 0.360 e. The van der Waals surface area contributed by atoms with Crippen LogP contribution in [0.15, 0.2) is 48.5 Å². The first kappa shape index (κ1) is 17.3. The minimum absolute atomic E-state index is 0.00180. The highest BCUT2D eigenvalue weighted by atomic mass is 16.4. The first-order valence-electron chi connectivity index (χ1n) is 9.11. The smallest absolute Gasteiger partial charge is 0.360 e. The Morgan fingerprint density at radius 1 is 1.07 bits per heavy atom. The van der Waals surface area contributed by atoms with E-state index in [4.69, 9.17) is 0 Å². The van der Waals surface area contributed by atoms with Crippen LogP contribution in [-0.2, 0) is 0 Å². The van der Waals surface area contributed by atoms with Crippen LogP contribution in [-0.4, -0.2) is 39.2 Å². The number of hydrogen-bond acceptors (Lipinski definition) is 4. The molecule has 138 valence electrons. The number of aromatic carboxylic acids is 1. The van der Waals surface area contributed by atoms with Crippen LogP contribution in [0.4, 0.5) is 5.82 Å². The Bertz CT molecular complexity index is 981. The summed E-state index contributed by atoms with van der Waals surface area (Å²) < 4.78 is 0. The van der Waals surface area contributed by atoms with Crippen molar-refractivity contribution in [3.63, 3.8) is 0 Å². The first-order valence-corrected chi connectivity index (χ1v) is 9.11. The molecule has 2 heterocycles. The van der Waals surface area contributed by atoms with E-state index in [-0.39, 0.29) is 5.69 Å². The number of carbonyl (C=O) groups is 1. The van der Waals surface area contributed by atoms with Crippen LogP contribution in [0.3, 0.4) is 0 Å². The zero-order valence-corrected chi connectivity index (χ0v) is 15.5. The summed E-state index contributed by atoms with van der Waals surface area (Å²) >= 11 is 0. The molecule has 1 aromatic heterocycles. The molecule has 1 atom stereocenters. The van der Waals surface area contributed by atoms with Gasteiger partial charge in [0, 0.05) is 19.0 Å². The summed E-state index contributed by atoms with van der Waals surface area (Å²) in [4.78, 5) is 15.2. The van der Waals surface area contributed by atoms with Gasteiger partial charge >= 0.3 is 5.97 Å². The molecule has 1 aliphatic rings. The van der Waals surface area contributed by atoms with E-state index in [2.05, 4.69) is 22.3 Å². The van der Waals surface area contributed by atoms with Crippen LogP contribution < -0.4 is 4.90 Å². The van der Waals surface area contributed by atoms with Crippen molar-refractivity contribution in [1.29, 1.82) is 0 Å². The van der Waals surface area contributed by atoms with Crippen molar-refractivity contribution in [2.75, 3.05) is 18.0 Å². The summed E-state index contributed by atoms with van der Waals surface area (Å²) in [7, 11) is 0. The van der Waals surface area contributed by atoms with E-state index < -0.39 is 5.97 Å². The molecule has 0 radical (unpaired) electrons. The Labute approximate surface area is 158 Å². The molecule has 0 saturated carbocycles. The van der Waals surface area contributed by atoms with Crippen molar-refractivity contribution >= 4 is 11.8 Å². The zero-order chi connectivity index (χ0) is 19.0. The van der Waals surface area contributed by atoms with Crippen molar-refractivity contribution in [2.45, 2.75) is 26.2 Å². The summed E-state index contributed by atoms with van der Waals surface area (Å²) in [5, 5.41) is 18.4. The molecule has 1 saturated heterocycles. The molecule has 1 aliphatic heterocycles. The summed E-state index contributed by atoms with van der Waals surface area (Å²) in [5.41, 5.74) is 4.34. The third-order valence-electron chi connectivity index (χ3n) is 5.28. The maximum atomic E-state index is 11.8. The molecular formula is C21H22N4O2. The number of nitrogens with zero attached hydrogens (tertiary/aromatic N) is 4. The number of anilines is 1. The molecule has 2 aromatic carbocycles. The van der Waals surface area contributed by atoms with E-state index in [9.17, 15) is 9.90 Å². The van der Waals surface area contributed by atoms with Crippen molar-refractivity contribution in [3.05, 3.63) is 70.9 Å². The van der Waals surface area contributed by atoms with Gasteiger partial charge in [-0.3, -0.25) is 0 Å². The Hall–Kier alpha value is -3.15. The van der Waals surface area contributed by atoms with Gasteiger partial charge < -0.3 is 10.0 Å². The lowest BCUT2D eigenvalue weighted by Gasteiger charge is -2.16. The summed E-state index contributed by atoms with van der Waals surface area (Å²) in [6.45, 7) is 5.57. The lowest BCUT2D eigenvalue weighted by Crippen LogP contribution is -2.22. The molecule has 6 nitrogen and oxygen atoms in total. The van der Waals surface area contributed by atoms with Gasteiger partial charge in [-0.25, -0.2) is 4.79 Å². The van der Waals surface area contributed by atoms with Crippen LogP contribution >= 0.6 is 0 Å².